The van der Waals surface area contributed by atoms with Gasteiger partial charge in [0.1, 0.15) is 0 Å². The molecule has 0 unspecified atom stereocenters. The Morgan fingerprint density at radius 1 is 1.17 bits per heavy atom. The zero-order valence-electron chi connectivity index (χ0n) is 17.1. The van der Waals surface area contributed by atoms with Gasteiger partial charge in [0.2, 0.25) is 0 Å². The zero-order valence-corrected chi connectivity index (χ0v) is 17.1. The van der Waals surface area contributed by atoms with Gasteiger partial charge in [-0.05, 0) is 18.1 Å². The second-order valence-electron chi connectivity index (χ2n) is 7.13. The van der Waals surface area contributed by atoms with E-state index in [1.54, 1.807) is 13.3 Å². The average Bonchev–Trinajstić information content (AvgIpc) is 2.78. The van der Waals surface area contributed by atoms with E-state index in [-0.39, 0.29) is 5.91 Å². The van der Waals surface area contributed by atoms with Crippen LogP contribution in [0, 0.1) is 0 Å². The van der Waals surface area contributed by atoms with Gasteiger partial charge in [-0.2, -0.15) is 0 Å². The normalized spacial score (nSPS) is 15.0. The summed E-state index contributed by atoms with van der Waals surface area (Å²) in [4.78, 5) is 21.3. The highest BCUT2D eigenvalue weighted by Gasteiger charge is 2.17. The van der Waals surface area contributed by atoms with Crippen LogP contribution in [0.1, 0.15) is 22.3 Å². The third kappa shape index (κ3) is 6.69. The molecule has 0 radical (unpaired) electrons. The van der Waals surface area contributed by atoms with Crippen LogP contribution in [0.2, 0.25) is 0 Å². The van der Waals surface area contributed by atoms with Crippen molar-refractivity contribution in [3.05, 3.63) is 66.0 Å². The fourth-order valence-electron chi connectivity index (χ4n) is 3.34. The number of nitrogens with one attached hydrogen (secondary N) is 1. The number of hydrogen-bond donors (Lipinski definition) is 1. The first-order chi connectivity index (χ1) is 14.3. The van der Waals surface area contributed by atoms with Gasteiger partial charge < -0.3 is 15.0 Å². The van der Waals surface area contributed by atoms with Crippen LogP contribution in [0.4, 0.5) is 5.69 Å². The molecule has 154 valence electrons. The Kier molecular flexibility index (Phi) is 8.22. The van der Waals surface area contributed by atoms with Crippen molar-refractivity contribution >= 4 is 17.7 Å². The van der Waals surface area contributed by atoms with Gasteiger partial charge in [0, 0.05) is 59.2 Å². The largest absolute Gasteiger partial charge is 0.385 e. The van der Waals surface area contributed by atoms with Gasteiger partial charge in [-0.15, -0.1) is 0 Å². The lowest BCUT2D eigenvalue weighted by molar-refractivity contribution is 0.0948. The van der Waals surface area contributed by atoms with Gasteiger partial charge in [0.05, 0.1) is 17.4 Å². The molecule has 0 spiro atoms. The third-order valence-electron chi connectivity index (χ3n) is 5.01. The predicted octanol–water partition coefficient (Wildman–Crippen LogP) is 2.68. The lowest BCUT2D eigenvalue weighted by Crippen LogP contribution is -2.46. The molecule has 2 aromatic rings. The van der Waals surface area contributed by atoms with E-state index in [1.807, 2.05) is 18.3 Å². The molecule has 1 aromatic heterocycles. The van der Waals surface area contributed by atoms with Crippen LogP contribution in [0.15, 0.2) is 54.9 Å². The van der Waals surface area contributed by atoms with E-state index < -0.39 is 0 Å². The van der Waals surface area contributed by atoms with Crippen molar-refractivity contribution in [2.75, 3.05) is 57.9 Å². The molecule has 6 nitrogen and oxygen atoms in total. The highest BCUT2D eigenvalue weighted by Crippen LogP contribution is 2.17. The summed E-state index contributed by atoms with van der Waals surface area (Å²) in [5.74, 6) is -0.0832. The second-order valence-corrected chi connectivity index (χ2v) is 7.13. The number of benzene rings is 1. The van der Waals surface area contributed by atoms with E-state index >= 15 is 0 Å². The summed E-state index contributed by atoms with van der Waals surface area (Å²) in [6.07, 6.45) is 8.66. The van der Waals surface area contributed by atoms with E-state index in [9.17, 15) is 4.79 Å². The van der Waals surface area contributed by atoms with Crippen LogP contribution in [0.3, 0.4) is 0 Å². The summed E-state index contributed by atoms with van der Waals surface area (Å²) in [5, 5.41) is 2.91. The number of aromatic nitrogens is 1. The molecule has 1 aliphatic heterocycles. The molecule has 0 bridgehead atoms. The Morgan fingerprint density at radius 2 is 1.97 bits per heavy atom. The summed E-state index contributed by atoms with van der Waals surface area (Å²) in [5.41, 5.74) is 2.84. The van der Waals surface area contributed by atoms with E-state index in [0.717, 1.165) is 44.8 Å². The number of piperazine rings is 1. The topological polar surface area (TPSA) is 57.7 Å². The Bertz CT molecular complexity index is 786. The number of hydrogen-bond acceptors (Lipinski definition) is 5. The molecule has 29 heavy (non-hydrogen) atoms. The first kappa shape index (κ1) is 21.0. The Labute approximate surface area is 173 Å². The number of ether oxygens (including phenoxy) is 1. The van der Waals surface area contributed by atoms with E-state index in [2.05, 4.69) is 56.5 Å². The molecule has 3 rings (SSSR count). The van der Waals surface area contributed by atoms with Crippen LogP contribution in [0.25, 0.3) is 6.08 Å². The van der Waals surface area contributed by atoms with Gasteiger partial charge in [0.25, 0.3) is 5.91 Å². The maximum atomic E-state index is 12.3. The fraction of sp³-hybridized carbons (Fsp3) is 0.391. The quantitative estimate of drug-likeness (QED) is 0.663. The molecule has 1 aromatic carbocycles. The van der Waals surface area contributed by atoms with Crippen molar-refractivity contribution in [3.8, 4) is 0 Å². The number of carbonyl (C=O) groups excluding carboxylic acids is 1. The van der Waals surface area contributed by atoms with Gasteiger partial charge in [0.15, 0.2) is 0 Å². The molecule has 6 heteroatoms. The second kappa shape index (κ2) is 11.3. The van der Waals surface area contributed by atoms with Gasteiger partial charge in [-0.1, -0.05) is 42.5 Å². The highest BCUT2D eigenvalue weighted by molar-refractivity contribution is 5.94. The van der Waals surface area contributed by atoms with Crippen molar-refractivity contribution in [1.29, 1.82) is 0 Å². The summed E-state index contributed by atoms with van der Waals surface area (Å²) in [7, 11) is 1.66. The number of methoxy groups -OCH3 is 1. The predicted molar refractivity (Wildman–Crippen MR) is 117 cm³/mol. The number of anilines is 1. The summed E-state index contributed by atoms with van der Waals surface area (Å²) >= 11 is 0. The molecular weight excluding hydrogens is 364 g/mol. The minimum Gasteiger partial charge on any atom is -0.385 e. The average molecular weight is 395 g/mol. The lowest BCUT2D eigenvalue weighted by atomic mass is 10.2. The van der Waals surface area contributed by atoms with E-state index in [0.29, 0.717) is 18.7 Å². The van der Waals surface area contributed by atoms with Crippen molar-refractivity contribution in [1.82, 2.24) is 15.2 Å². The molecule has 0 aliphatic carbocycles. The molecule has 0 saturated carbocycles. The molecule has 1 aliphatic rings. The highest BCUT2D eigenvalue weighted by atomic mass is 16.5. The molecule has 1 fully saturated rings. The summed E-state index contributed by atoms with van der Waals surface area (Å²) in [6.45, 7) is 6.04. The van der Waals surface area contributed by atoms with Gasteiger partial charge in [-0.3, -0.25) is 14.7 Å². The first-order valence-corrected chi connectivity index (χ1v) is 10.2. The van der Waals surface area contributed by atoms with Crippen LogP contribution in [-0.2, 0) is 4.74 Å². The number of pyridine rings is 1. The van der Waals surface area contributed by atoms with Crippen molar-refractivity contribution < 1.29 is 9.53 Å². The van der Waals surface area contributed by atoms with Gasteiger partial charge >= 0.3 is 0 Å². The Hall–Kier alpha value is -2.70. The summed E-state index contributed by atoms with van der Waals surface area (Å²) in [6, 6.07) is 12.3. The van der Waals surface area contributed by atoms with E-state index in [1.165, 1.54) is 5.56 Å². The molecule has 0 atom stereocenters. The first-order valence-electron chi connectivity index (χ1n) is 10.2. The van der Waals surface area contributed by atoms with Crippen LogP contribution >= 0.6 is 0 Å². The fourth-order valence-corrected chi connectivity index (χ4v) is 3.34. The van der Waals surface area contributed by atoms with Crippen LogP contribution in [0.5, 0.6) is 0 Å². The molecule has 1 saturated heterocycles. The number of rotatable bonds is 9. The number of carbonyl (C=O) groups is 1. The third-order valence-corrected chi connectivity index (χ3v) is 5.01. The SMILES string of the molecule is COCCCNC(=O)c1cncc(N2CCN(C/C=C/c3ccccc3)CC2)c1. The summed E-state index contributed by atoms with van der Waals surface area (Å²) < 4.78 is 5.00. The maximum absolute atomic E-state index is 12.3. The minimum atomic E-state index is -0.0832. The number of amides is 1. The van der Waals surface area contributed by atoms with Crippen LogP contribution < -0.4 is 10.2 Å². The Morgan fingerprint density at radius 3 is 2.72 bits per heavy atom. The minimum absolute atomic E-state index is 0.0832. The van der Waals surface area contributed by atoms with Crippen molar-refractivity contribution in [3.63, 3.8) is 0 Å². The lowest BCUT2D eigenvalue weighted by Gasteiger charge is -2.35. The van der Waals surface area contributed by atoms with Crippen LogP contribution in [-0.4, -0.2) is 68.8 Å². The molecule has 1 amide bonds. The zero-order chi connectivity index (χ0) is 20.3. The molecule has 1 N–H and O–H groups in total. The molecular formula is C23H30N4O2. The van der Waals surface area contributed by atoms with E-state index in [4.69, 9.17) is 4.74 Å². The standard InChI is InChI=1S/C23H30N4O2/c1-29-16-6-10-25-23(28)21-17-22(19-24-18-21)27-14-12-26(13-15-27)11-5-9-20-7-3-2-4-8-20/h2-5,7-9,17-19H,6,10-16H2,1H3,(H,25,28)/b9-5+. The van der Waals surface area contributed by atoms with Gasteiger partial charge in [-0.25, -0.2) is 0 Å². The number of nitrogens with zero attached hydrogens (tertiary/aromatic N) is 3. The van der Waals surface area contributed by atoms with Crippen molar-refractivity contribution in [2.24, 2.45) is 0 Å². The smallest absolute Gasteiger partial charge is 0.252 e. The molecule has 2 heterocycles. The maximum Gasteiger partial charge on any atom is 0.252 e. The monoisotopic (exact) mass is 394 g/mol. The van der Waals surface area contributed by atoms with Crippen molar-refractivity contribution in [2.45, 2.75) is 6.42 Å². The Balaban J connectivity index is 1.46.